The summed E-state index contributed by atoms with van der Waals surface area (Å²) in [6.45, 7) is 6.36. The molecule has 0 saturated carbocycles. The van der Waals surface area contributed by atoms with E-state index in [2.05, 4.69) is 56.9 Å². The number of nitrogens with zero attached hydrogens (tertiary/aromatic N) is 5. The molecule has 4 aromatic heterocycles. The van der Waals surface area contributed by atoms with E-state index in [-0.39, 0.29) is 22.3 Å². The molecule has 4 aromatic rings. The van der Waals surface area contributed by atoms with E-state index < -0.39 is 5.82 Å². The Kier molecular flexibility index (Phi) is 6.25. The van der Waals surface area contributed by atoms with E-state index in [9.17, 15) is 4.39 Å². The fraction of sp³-hybridized carbons (Fsp3) is 0.250. The van der Waals surface area contributed by atoms with Crippen molar-refractivity contribution in [1.82, 2.24) is 30.2 Å². The molecule has 0 amide bonds. The highest BCUT2D eigenvalue weighted by atomic mass is 35.5. The second-order valence-electron chi connectivity index (χ2n) is 10.1. The predicted octanol–water partition coefficient (Wildman–Crippen LogP) is 5.77. The summed E-state index contributed by atoms with van der Waals surface area (Å²) < 4.78 is 14.3. The van der Waals surface area contributed by atoms with Gasteiger partial charge in [0.2, 0.25) is 0 Å². The molecule has 0 bridgehead atoms. The first-order valence-corrected chi connectivity index (χ1v) is 12.8. The number of hydrogen-bond donors (Lipinski definition) is 3. The molecule has 0 aromatic carbocycles. The van der Waals surface area contributed by atoms with Gasteiger partial charge >= 0.3 is 0 Å². The van der Waals surface area contributed by atoms with Gasteiger partial charge in [0.1, 0.15) is 11.6 Å². The summed E-state index contributed by atoms with van der Waals surface area (Å²) in [5, 5.41) is 11.3. The number of nitrogens with one attached hydrogen (secondary N) is 3. The molecule has 3 N–H and O–H groups in total. The van der Waals surface area contributed by atoms with Crippen molar-refractivity contribution in [2.45, 2.75) is 26.3 Å². The second-order valence-corrected chi connectivity index (χ2v) is 10.6. The third-order valence-corrected chi connectivity index (χ3v) is 7.19. The van der Waals surface area contributed by atoms with E-state index in [4.69, 9.17) is 21.6 Å². The van der Waals surface area contributed by atoms with Gasteiger partial charge in [-0.2, -0.15) is 0 Å². The number of piperidine rings is 1. The summed E-state index contributed by atoms with van der Waals surface area (Å²) in [6.07, 6.45) is 13.7. The van der Waals surface area contributed by atoms with Crippen LogP contribution in [0.15, 0.2) is 61.2 Å². The summed E-state index contributed by atoms with van der Waals surface area (Å²) in [5.41, 5.74) is 3.58. The van der Waals surface area contributed by atoms with Crippen LogP contribution in [-0.4, -0.2) is 44.1 Å². The van der Waals surface area contributed by atoms with Crippen molar-refractivity contribution in [3.05, 3.63) is 77.6 Å². The molecule has 2 aliphatic rings. The highest BCUT2D eigenvalue weighted by Crippen LogP contribution is 2.36. The highest BCUT2D eigenvalue weighted by Gasteiger charge is 2.33. The Labute approximate surface area is 224 Å². The molecule has 0 spiro atoms. The van der Waals surface area contributed by atoms with Crippen molar-refractivity contribution < 1.29 is 4.39 Å². The first-order valence-electron chi connectivity index (χ1n) is 12.4. The Bertz CT molecular complexity index is 1600. The molecular formula is C28H26ClFN8. The van der Waals surface area contributed by atoms with Crippen LogP contribution in [0.5, 0.6) is 0 Å². The standard InChI is InChI=1S/C28H26ClFN8/c1-28(2)15-31-8-7-22(28)36-27-24-19(16-4-3-5-16)13-32-14-21(24)35-25(38-27)17-6-9-33-23(10-17)37-26-20(30)11-18(29)12-34-26/h3-6,9-14,22,31H,7-8,15H2,1-2H3,(H,33,34,37)(H,35,36,38). The smallest absolute Gasteiger partial charge is 0.167 e. The lowest BCUT2D eigenvalue weighted by molar-refractivity contribution is 0.236. The molecule has 1 saturated heterocycles. The first kappa shape index (κ1) is 24.4. The lowest BCUT2D eigenvalue weighted by Gasteiger charge is -2.40. The molecular weight excluding hydrogens is 503 g/mol. The highest BCUT2D eigenvalue weighted by molar-refractivity contribution is 6.30. The summed E-state index contributed by atoms with van der Waals surface area (Å²) in [6, 6.07) is 5.01. The Morgan fingerprint density at radius 1 is 1.11 bits per heavy atom. The Hall–Kier alpha value is -3.95. The predicted molar refractivity (Wildman–Crippen MR) is 149 cm³/mol. The number of aromatic nitrogens is 5. The second kappa shape index (κ2) is 9.74. The third-order valence-electron chi connectivity index (χ3n) is 6.99. The quantitative estimate of drug-likeness (QED) is 0.290. The molecule has 6 rings (SSSR count). The maximum atomic E-state index is 14.3. The van der Waals surface area contributed by atoms with Crippen molar-refractivity contribution in [2.75, 3.05) is 23.7 Å². The Balaban J connectivity index is 1.43. The molecule has 192 valence electrons. The molecule has 1 fully saturated rings. The zero-order valence-corrected chi connectivity index (χ0v) is 21.7. The van der Waals surface area contributed by atoms with Crippen LogP contribution < -0.4 is 16.0 Å². The Morgan fingerprint density at radius 3 is 2.74 bits per heavy atom. The lowest BCUT2D eigenvalue weighted by atomic mass is 9.80. The third kappa shape index (κ3) is 4.70. The zero-order valence-electron chi connectivity index (χ0n) is 21.0. The molecule has 1 atom stereocenters. The van der Waals surface area contributed by atoms with Crippen LogP contribution in [0, 0.1) is 11.2 Å². The Morgan fingerprint density at radius 2 is 1.97 bits per heavy atom. The largest absolute Gasteiger partial charge is 0.366 e. The number of hydrogen-bond acceptors (Lipinski definition) is 8. The average molecular weight is 529 g/mol. The molecule has 1 aliphatic carbocycles. The van der Waals surface area contributed by atoms with Crippen LogP contribution in [0.1, 0.15) is 25.8 Å². The SMILES string of the molecule is CC1(C)CNCCC1Nc1nc(-c2ccnc(Nc3ncc(Cl)cc3F)c2)nc2cncc(C3=CC=C3)c12. The number of halogens is 2. The van der Waals surface area contributed by atoms with Crippen LogP contribution in [0.3, 0.4) is 0 Å². The molecule has 1 aliphatic heterocycles. The lowest BCUT2D eigenvalue weighted by Crippen LogP contribution is -2.49. The minimum absolute atomic E-state index is 0.0297. The monoisotopic (exact) mass is 528 g/mol. The van der Waals surface area contributed by atoms with Gasteiger partial charge in [0.15, 0.2) is 17.5 Å². The van der Waals surface area contributed by atoms with Crippen molar-refractivity contribution in [3.63, 3.8) is 0 Å². The van der Waals surface area contributed by atoms with Gasteiger partial charge in [-0.05, 0) is 42.2 Å². The van der Waals surface area contributed by atoms with Crippen LogP contribution in [-0.2, 0) is 0 Å². The minimum Gasteiger partial charge on any atom is -0.366 e. The molecule has 5 heterocycles. The normalized spacial score (nSPS) is 18.1. The van der Waals surface area contributed by atoms with Gasteiger partial charge in [0, 0.05) is 42.3 Å². The number of anilines is 3. The van der Waals surface area contributed by atoms with Crippen molar-refractivity contribution in [2.24, 2.45) is 5.41 Å². The van der Waals surface area contributed by atoms with E-state index in [1.54, 1.807) is 18.5 Å². The van der Waals surface area contributed by atoms with Crippen LogP contribution in [0.25, 0.3) is 27.9 Å². The maximum Gasteiger partial charge on any atom is 0.167 e. The summed E-state index contributed by atoms with van der Waals surface area (Å²) in [5.74, 6) is 1.15. The molecule has 38 heavy (non-hydrogen) atoms. The fourth-order valence-corrected chi connectivity index (χ4v) is 4.92. The van der Waals surface area contributed by atoms with Crippen LogP contribution in [0.4, 0.5) is 21.8 Å². The molecule has 0 radical (unpaired) electrons. The van der Waals surface area contributed by atoms with E-state index >= 15 is 0 Å². The van der Waals surface area contributed by atoms with E-state index in [0.29, 0.717) is 11.6 Å². The van der Waals surface area contributed by atoms with Gasteiger partial charge < -0.3 is 16.0 Å². The van der Waals surface area contributed by atoms with Gasteiger partial charge in [0.25, 0.3) is 0 Å². The topological polar surface area (TPSA) is 101 Å². The average Bonchev–Trinajstić information content (AvgIpc) is 2.86. The van der Waals surface area contributed by atoms with Gasteiger partial charge in [0.05, 0.1) is 22.1 Å². The van der Waals surface area contributed by atoms with Gasteiger partial charge in [-0.3, -0.25) is 4.98 Å². The van der Waals surface area contributed by atoms with Gasteiger partial charge in [-0.1, -0.05) is 43.7 Å². The van der Waals surface area contributed by atoms with Crippen LogP contribution in [0.2, 0.25) is 5.02 Å². The molecule has 8 nitrogen and oxygen atoms in total. The molecule has 10 heteroatoms. The van der Waals surface area contributed by atoms with E-state index in [0.717, 1.165) is 52.9 Å². The summed E-state index contributed by atoms with van der Waals surface area (Å²) in [7, 11) is 0. The minimum atomic E-state index is -0.569. The number of fused-ring (bicyclic) bond motifs is 1. The van der Waals surface area contributed by atoms with E-state index in [1.807, 2.05) is 18.3 Å². The fourth-order valence-electron chi connectivity index (χ4n) is 4.78. The zero-order chi connectivity index (χ0) is 26.3. The van der Waals surface area contributed by atoms with Gasteiger partial charge in [-0.15, -0.1) is 0 Å². The first-order chi connectivity index (χ1) is 18.4. The van der Waals surface area contributed by atoms with E-state index in [1.165, 1.54) is 12.3 Å². The van der Waals surface area contributed by atoms with Crippen molar-refractivity contribution >= 4 is 45.5 Å². The summed E-state index contributed by atoms with van der Waals surface area (Å²) >= 11 is 5.83. The number of rotatable bonds is 6. The number of allylic oxidation sites excluding steroid dienone is 4. The molecule has 1 unspecified atom stereocenters. The van der Waals surface area contributed by atoms with Crippen molar-refractivity contribution in [1.29, 1.82) is 0 Å². The van der Waals surface area contributed by atoms with Crippen molar-refractivity contribution in [3.8, 4) is 11.4 Å². The maximum absolute atomic E-state index is 14.3. The van der Waals surface area contributed by atoms with Gasteiger partial charge in [-0.25, -0.2) is 24.3 Å². The summed E-state index contributed by atoms with van der Waals surface area (Å²) in [4.78, 5) is 22.7. The van der Waals surface area contributed by atoms with Crippen LogP contribution >= 0.6 is 11.6 Å². The number of pyridine rings is 3.